The first-order chi connectivity index (χ1) is 12.7. The van der Waals surface area contributed by atoms with Crippen molar-refractivity contribution < 1.29 is 22.0 Å². The van der Waals surface area contributed by atoms with Crippen LogP contribution in [0.3, 0.4) is 0 Å². The molecule has 3 aromatic heterocycles. The number of hydrogen-bond acceptors (Lipinski definition) is 4. The molecule has 4 aromatic rings. The number of halogens is 5. The minimum absolute atomic E-state index is 0.000150. The van der Waals surface area contributed by atoms with Gasteiger partial charge in [-0.05, 0) is 18.2 Å². The standard InChI is InChI=1S/C17H9ClF4N4O/c1-17(21,22)8-5-9(18)14-23-12(7-26(14)6-8)15-24-25-16(27-15)13-10(19)3-2-4-11(13)20/h2-7H,1H3. The van der Waals surface area contributed by atoms with Crippen molar-refractivity contribution in [1.29, 1.82) is 0 Å². The van der Waals surface area contributed by atoms with Crippen LogP contribution in [-0.4, -0.2) is 19.6 Å². The summed E-state index contributed by atoms with van der Waals surface area (Å²) in [4.78, 5) is 4.16. The molecule has 0 fully saturated rings. The molecule has 0 saturated heterocycles. The van der Waals surface area contributed by atoms with Crippen molar-refractivity contribution in [3.63, 3.8) is 0 Å². The predicted octanol–water partition coefficient (Wildman–Crippen LogP) is 5.09. The van der Waals surface area contributed by atoms with Crippen LogP contribution in [0.2, 0.25) is 5.02 Å². The van der Waals surface area contributed by atoms with Crippen molar-refractivity contribution in [1.82, 2.24) is 19.6 Å². The molecular formula is C17H9ClF4N4O. The summed E-state index contributed by atoms with van der Waals surface area (Å²) in [6, 6.07) is 4.43. The molecule has 0 spiro atoms. The van der Waals surface area contributed by atoms with E-state index < -0.39 is 23.1 Å². The molecule has 10 heteroatoms. The van der Waals surface area contributed by atoms with E-state index in [1.54, 1.807) is 0 Å². The van der Waals surface area contributed by atoms with Gasteiger partial charge in [-0.1, -0.05) is 17.7 Å². The van der Waals surface area contributed by atoms with E-state index in [2.05, 4.69) is 15.2 Å². The minimum atomic E-state index is -3.09. The molecule has 0 unspecified atom stereocenters. The smallest absolute Gasteiger partial charge is 0.271 e. The molecule has 1 aromatic carbocycles. The average Bonchev–Trinajstić information content (AvgIpc) is 3.20. The van der Waals surface area contributed by atoms with Crippen molar-refractivity contribution in [3.05, 3.63) is 58.9 Å². The molecule has 4 rings (SSSR count). The van der Waals surface area contributed by atoms with Crippen LogP contribution < -0.4 is 0 Å². The second-order valence-corrected chi connectivity index (χ2v) is 6.24. The molecule has 27 heavy (non-hydrogen) atoms. The quantitative estimate of drug-likeness (QED) is 0.452. The third kappa shape index (κ3) is 3.03. The monoisotopic (exact) mass is 396 g/mol. The summed E-state index contributed by atoms with van der Waals surface area (Å²) < 4.78 is 61.4. The van der Waals surface area contributed by atoms with Gasteiger partial charge in [0.2, 0.25) is 0 Å². The zero-order chi connectivity index (χ0) is 19.3. The first-order valence-electron chi connectivity index (χ1n) is 7.59. The van der Waals surface area contributed by atoms with Crippen molar-refractivity contribution >= 4 is 17.2 Å². The summed E-state index contributed by atoms with van der Waals surface area (Å²) in [6.45, 7) is 0.746. The fourth-order valence-electron chi connectivity index (χ4n) is 2.53. The SMILES string of the molecule is CC(F)(F)c1cc(Cl)c2nc(-c3nnc(-c4c(F)cccc4F)o3)cn2c1. The molecule has 0 radical (unpaired) electrons. The van der Waals surface area contributed by atoms with Gasteiger partial charge in [0, 0.05) is 24.9 Å². The van der Waals surface area contributed by atoms with Gasteiger partial charge < -0.3 is 8.82 Å². The number of aromatic nitrogens is 4. The van der Waals surface area contributed by atoms with Crippen molar-refractivity contribution in [2.75, 3.05) is 0 Å². The van der Waals surface area contributed by atoms with Gasteiger partial charge in [-0.3, -0.25) is 0 Å². The Morgan fingerprint density at radius 3 is 2.41 bits per heavy atom. The molecule has 5 nitrogen and oxygen atoms in total. The molecule has 138 valence electrons. The van der Waals surface area contributed by atoms with Crippen LogP contribution in [0.4, 0.5) is 17.6 Å². The third-order valence-corrected chi connectivity index (χ3v) is 4.11. The summed E-state index contributed by atoms with van der Waals surface area (Å²) in [6.07, 6.45) is 2.52. The summed E-state index contributed by atoms with van der Waals surface area (Å²) >= 11 is 6.03. The van der Waals surface area contributed by atoms with E-state index in [0.717, 1.165) is 25.1 Å². The summed E-state index contributed by atoms with van der Waals surface area (Å²) in [5.74, 6) is -5.33. The number of imidazole rings is 1. The van der Waals surface area contributed by atoms with Gasteiger partial charge in [0.25, 0.3) is 17.7 Å². The largest absolute Gasteiger partial charge is 0.414 e. The van der Waals surface area contributed by atoms with Crippen molar-refractivity contribution in [3.8, 4) is 23.0 Å². The zero-order valence-corrected chi connectivity index (χ0v) is 14.3. The van der Waals surface area contributed by atoms with E-state index in [9.17, 15) is 17.6 Å². The fraction of sp³-hybridized carbons (Fsp3) is 0.118. The van der Waals surface area contributed by atoms with Crippen LogP contribution in [-0.2, 0) is 5.92 Å². The van der Waals surface area contributed by atoms with Crippen molar-refractivity contribution in [2.45, 2.75) is 12.8 Å². The Hall–Kier alpha value is -2.94. The van der Waals surface area contributed by atoms with E-state index in [1.807, 2.05) is 0 Å². The fourth-order valence-corrected chi connectivity index (χ4v) is 2.79. The molecule has 0 N–H and O–H groups in total. The number of hydrogen-bond donors (Lipinski definition) is 0. The average molecular weight is 397 g/mol. The van der Waals surface area contributed by atoms with Gasteiger partial charge in [-0.2, -0.15) is 0 Å². The highest BCUT2D eigenvalue weighted by Gasteiger charge is 2.27. The van der Waals surface area contributed by atoms with Gasteiger partial charge in [0.15, 0.2) is 5.65 Å². The number of nitrogens with zero attached hydrogens (tertiary/aromatic N) is 4. The summed E-state index contributed by atoms with van der Waals surface area (Å²) in [7, 11) is 0. The Labute approximate surface area is 154 Å². The molecule has 0 aliphatic carbocycles. The van der Waals surface area contributed by atoms with Crippen LogP contribution >= 0.6 is 11.6 Å². The Morgan fingerprint density at radius 2 is 1.74 bits per heavy atom. The number of alkyl halides is 2. The molecule has 0 atom stereocenters. The van der Waals surface area contributed by atoms with E-state index in [0.29, 0.717) is 0 Å². The topological polar surface area (TPSA) is 56.2 Å². The summed E-state index contributed by atoms with van der Waals surface area (Å²) in [5.41, 5.74) is -0.463. The number of benzene rings is 1. The van der Waals surface area contributed by atoms with Gasteiger partial charge in [-0.25, -0.2) is 22.5 Å². The molecule has 0 aliphatic heterocycles. The maximum Gasteiger partial charge on any atom is 0.271 e. The molecule has 0 amide bonds. The minimum Gasteiger partial charge on any atom is -0.414 e. The number of pyridine rings is 1. The van der Waals surface area contributed by atoms with Crippen molar-refractivity contribution in [2.24, 2.45) is 0 Å². The lowest BCUT2D eigenvalue weighted by molar-refractivity contribution is 0.0170. The molecule has 0 aliphatic rings. The maximum atomic E-state index is 13.8. The Balaban J connectivity index is 1.80. The van der Waals surface area contributed by atoms with Gasteiger partial charge >= 0.3 is 0 Å². The van der Waals surface area contributed by atoms with Crippen LogP contribution in [0.15, 0.2) is 41.1 Å². The van der Waals surface area contributed by atoms with E-state index in [4.69, 9.17) is 16.0 Å². The summed E-state index contributed by atoms with van der Waals surface area (Å²) in [5, 5.41) is 7.36. The highest BCUT2D eigenvalue weighted by atomic mass is 35.5. The van der Waals surface area contributed by atoms with Crippen LogP contribution in [0.25, 0.3) is 28.7 Å². The Morgan fingerprint density at radius 1 is 1.07 bits per heavy atom. The van der Waals surface area contributed by atoms with E-state index in [1.165, 1.54) is 22.9 Å². The number of fused-ring (bicyclic) bond motifs is 1. The zero-order valence-electron chi connectivity index (χ0n) is 13.6. The second-order valence-electron chi connectivity index (χ2n) is 5.83. The second kappa shape index (κ2) is 6.05. The van der Waals surface area contributed by atoms with Crippen LogP contribution in [0.1, 0.15) is 12.5 Å². The van der Waals surface area contributed by atoms with Crippen LogP contribution in [0, 0.1) is 11.6 Å². The predicted molar refractivity (Wildman–Crippen MR) is 88.4 cm³/mol. The van der Waals surface area contributed by atoms with Gasteiger partial charge in [0.1, 0.15) is 22.9 Å². The van der Waals surface area contributed by atoms with Crippen LogP contribution in [0.5, 0.6) is 0 Å². The Bertz CT molecular complexity index is 1150. The maximum absolute atomic E-state index is 13.8. The van der Waals surface area contributed by atoms with E-state index in [-0.39, 0.29) is 33.7 Å². The lowest BCUT2D eigenvalue weighted by Gasteiger charge is -2.11. The highest BCUT2D eigenvalue weighted by molar-refractivity contribution is 6.33. The number of rotatable bonds is 3. The lowest BCUT2D eigenvalue weighted by atomic mass is 10.2. The normalized spacial score (nSPS) is 12.1. The molecule has 0 saturated carbocycles. The molecular weight excluding hydrogens is 388 g/mol. The van der Waals surface area contributed by atoms with Gasteiger partial charge in [-0.15, -0.1) is 10.2 Å². The lowest BCUT2D eigenvalue weighted by Crippen LogP contribution is -2.08. The van der Waals surface area contributed by atoms with E-state index >= 15 is 0 Å². The first kappa shape index (κ1) is 17.5. The first-order valence-corrected chi connectivity index (χ1v) is 7.96. The highest BCUT2D eigenvalue weighted by Crippen LogP contribution is 2.32. The Kier molecular flexibility index (Phi) is 3.92. The molecule has 3 heterocycles. The molecule has 0 bridgehead atoms. The van der Waals surface area contributed by atoms with Gasteiger partial charge in [0.05, 0.1) is 5.02 Å². The third-order valence-electron chi connectivity index (χ3n) is 3.83.